The number of hydrogen-bond donors (Lipinski definition) is 1. The van der Waals surface area contributed by atoms with E-state index in [9.17, 15) is 0 Å². The van der Waals surface area contributed by atoms with Crippen LogP contribution in [0.5, 0.6) is 0 Å². The molecule has 0 aromatic heterocycles. The van der Waals surface area contributed by atoms with Gasteiger partial charge in [0.2, 0.25) is 0 Å². The van der Waals surface area contributed by atoms with Gasteiger partial charge < -0.3 is 10.2 Å². The molecular formula is C10H23NOSi. The van der Waals surface area contributed by atoms with Gasteiger partial charge in [-0.15, -0.1) is 6.58 Å². The molecule has 1 atom stereocenters. The van der Waals surface area contributed by atoms with Crippen LogP contribution in [0.2, 0.25) is 18.1 Å². The van der Waals surface area contributed by atoms with E-state index in [0.717, 1.165) is 0 Å². The molecule has 0 bridgehead atoms. The molecule has 0 aliphatic heterocycles. The number of rotatable bonds is 4. The molecule has 0 saturated carbocycles. The highest BCUT2D eigenvalue weighted by atomic mass is 28.4. The third-order valence-corrected chi connectivity index (χ3v) is 7.25. The second-order valence-corrected chi connectivity index (χ2v) is 9.78. The largest absolute Gasteiger partial charge is 0.415 e. The first-order chi connectivity index (χ1) is 5.70. The van der Waals surface area contributed by atoms with E-state index in [1.807, 2.05) is 0 Å². The molecule has 0 rings (SSSR count). The van der Waals surface area contributed by atoms with Crippen LogP contribution in [0, 0.1) is 0 Å². The summed E-state index contributed by atoms with van der Waals surface area (Å²) in [5.74, 6) is 0. The summed E-state index contributed by atoms with van der Waals surface area (Å²) in [7, 11) is -1.61. The quantitative estimate of drug-likeness (QED) is 0.560. The van der Waals surface area contributed by atoms with Gasteiger partial charge >= 0.3 is 0 Å². The van der Waals surface area contributed by atoms with Crippen molar-refractivity contribution in [3.63, 3.8) is 0 Å². The first-order valence-electron chi connectivity index (χ1n) is 4.73. The lowest BCUT2D eigenvalue weighted by molar-refractivity contribution is 0.278. The van der Waals surface area contributed by atoms with Gasteiger partial charge in [0.25, 0.3) is 0 Å². The van der Waals surface area contributed by atoms with Gasteiger partial charge in [-0.3, -0.25) is 0 Å². The van der Waals surface area contributed by atoms with Gasteiger partial charge in [-0.2, -0.15) is 0 Å². The van der Waals surface area contributed by atoms with Crippen molar-refractivity contribution < 1.29 is 4.43 Å². The Kier molecular flexibility index (Phi) is 4.36. The van der Waals surface area contributed by atoms with Crippen LogP contribution in [0.4, 0.5) is 0 Å². The molecule has 13 heavy (non-hydrogen) atoms. The Morgan fingerprint density at radius 2 is 1.92 bits per heavy atom. The fourth-order valence-electron chi connectivity index (χ4n) is 0.589. The molecule has 0 radical (unpaired) electrons. The second-order valence-electron chi connectivity index (χ2n) is 4.97. The van der Waals surface area contributed by atoms with E-state index in [-0.39, 0.29) is 11.1 Å². The van der Waals surface area contributed by atoms with E-state index in [1.54, 1.807) is 6.08 Å². The molecule has 0 fully saturated rings. The van der Waals surface area contributed by atoms with Crippen LogP contribution in [0.25, 0.3) is 0 Å². The summed E-state index contributed by atoms with van der Waals surface area (Å²) in [6.07, 6.45) is 1.73. The van der Waals surface area contributed by atoms with Crippen molar-refractivity contribution in [1.82, 2.24) is 0 Å². The maximum Gasteiger partial charge on any atom is 0.192 e. The third-order valence-electron chi connectivity index (χ3n) is 2.75. The molecule has 0 aliphatic rings. The molecule has 2 nitrogen and oxygen atoms in total. The fourth-order valence-corrected chi connectivity index (χ4v) is 1.63. The highest BCUT2D eigenvalue weighted by Crippen LogP contribution is 2.36. The molecule has 0 aliphatic carbocycles. The van der Waals surface area contributed by atoms with Gasteiger partial charge in [-0.05, 0) is 18.1 Å². The fraction of sp³-hybridized carbons (Fsp3) is 0.800. The highest BCUT2D eigenvalue weighted by molar-refractivity contribution is 6.74. The average molecular weight is 201 g/mol. The molecule has 0 amide bonds. The summed E-state index contributed by atoms with van der Waals surface area (Å²) in [5.41, 5.74) is 5.70. The summed E-state index contributed by atoms with van der Waals surface area (Å²) in [6.45, 7) is 15.3. The predicted molar refractivity (Wildman–Crippen MR) is 61.3 cm³/mol. The molecule has 0 saturated heterocycles. The van der Waals surface area contributed by atoms with Gasteiger partial charge in [0.1, 0.15) is 0 Å². The van der Waals surface area contributed by atoms with E-state index < -0.39 is 8.32 Å². The lowest BCUT2D eigenvalue weighted by atomic mass is 10.2. The van der Waals surface area contributed by atoms with Crippen molar-refractivity contribution >= 4 is 8.32 Å². The molecular weight excluding hydrogens is 178 g/mol. The topological polar surface area (TPSA) is 35.2 Å². The van der Waals surface area contributed by atoms with Gasteiger partial charge in [-0.25, -0.2) is 0 Å². The van der Waals surface area contributed by atoms with E-state index >= 15 is 0 Å². The Balaban J connectivity index is 4.11. The van der Waals surface area contributed by atoms with Crippen LogP contribution in [-0.4, -0.2) is 21.0 Å². The van der Waals surface area contributed by atoms with Crippen molar-refractivity contribution in [2.45, 2.75) is 44.9 Å². The average Bonchev–Trinajstić information content (AvgIpc) is 1.98. The number of hydrogen-bond acceptors (Lipinski definition) is 2. The zero-order chi connectivity index (χ0) is 10.7. The lowest BCUT2D eigenvalue weighted by Crippen LogP contribution is -2.43. The molecule has 78 valence electrons. The SMILES string of the molecule is C=C[C@H](N)CO[Si](C)(C)C(C)(C)C. The summed E-state index contributed by atoms with van der Waals surface area (Å²) in [6, 6.07) is -0.0332. The van der Waals surface area contributed by atoms with Crippen LogP contribution >= 0.6 is 0 Å². The number of nitrogens with two attached hydrogens (primary N) is 1. The minimum Gasteiger partial charge on any atom is -0.415 e. The molecule has 2 N–H and O–H groups in total. The highest BCUT2D eigenvalue weighted by Gasteiger charge is 2.37. The van der Waals surface area contributed by atoms with Crippen molar-refractivity contribution in [2.24, 2.45) is 5.73 Å². The monoisotopic (exact) mass is 201 g/mol. The minimum atomic E-state index is -1.61. The Labute approximate surface area is 83.3 Å². The molecule has 0 spiro atoms. The Morgan fingerprint density at radius 3 is 2.23 bits per heavy atom. The summed E-state index contributed by atoms with van der Waals surface area (Å²) in [4.78, 5) is 0. The third kappa shape index (κ3) is 4.07. The maximum absolute atomic E-state index is 5.89. The van der Waals surface area contributed by atoms with Crippen LogP contribution in [0.1, 0.15) is 20.8 Å². The minimum absolute atomic E-state index is 0.0332. The Morgan fingerprint density at radius 1 is 1.46 bits per heavy atom. The molecule has 0 aromatic carbocycles. The predicted octanol–water partition coefficient (Wildman–Crippen LogP) is 2.52. The van der Waals surface area contributed by atoms with Crippen LogP contribution in [0.3, 0.4) is 0 Å². The van der Waals surface area contributed by atoms with Crippen LogP contribution in [0.15, 0.2) is 12.7 Å². The van der Waals surface area contributed by atoms with E-state index in [2.05, 4.69) is 40.4 Å². The Bertz CT molecular complexity index is 172. The van der Waals surface area contributed by atoms with Crippen molar-refractivity contribution in [1.29, 1.82) is 0 Å². The lowest BCUT2D eigenvalue weighted by Gasteiger charge is -2.36. The summed E-state index contributed by atoms with van der Waals surface area (Å²) < 4.78 is 5.89. The normalized spacial score (nSPS) is 15.5. The van der Waals surface area contributed by atoms with Gasteiger partial charge in [0.05, 0.1) is 6.61 Å². The standard InChI is InChI=1S/C10H23NOSi/c1-7-9(11)8-12-13(5,6)10(2,3)4/h7,9H,1,8,11H2,2-6H3/t9-/m0/s1. The Hall–Kier alpha value is -0.123. The summed E-state index contributed by atoms with van der Waals surface area (Å²) in [5, 5.41) is 0.258. The van der Waals surface area contributed by atoms with Crippen molar-refractivity contribution in [2.75, 3.05) is 6.61 Å². The molecule has 0 unspecified atom stereocenters. The zero-order valence-electron chi connectivity index (χ0n) is 9.55. The van der Waals surface area contributed by atoms with E-state index in [0.29, 0.717) is 6.61 Å². The first kappa shape index (κ1) is 12.9. The smallest absolute Gasteiger partial charge is 0.192 e. The van der Waals surface area contributed by atoms with Crippen molar-refractivity contribution in [3.8, 4) is 0 Å². The van der Waals surface area contributed by atoms with Crippen LogP contribution < -0.4 is 5.73 Å². The van der Waals surface area contributed by atoms with Gasteiger partial charge in [0, 0.05) is 6.04 Å². The van der Waals surface area contributed by atoms with Gasteiger partial charge in [0.15, 0.2) is 8.32 Å². The second kappa shape index (κ2) is 4.40. The van der Waals surface area contributed by atoms with E-state index in [1.165, 1.54) is 0 Å². The van der Waals surface area contributed by atoms with Crippen molar-refractivity contribution in [3.05, 3.63) is 12.7 Å². The first-order valence-corrected chi connectivity index (χ1v) is 7.63. The molecule has 3 heteroatoms. The maximum atomic E-state index is 5.89. The summed E-state index contributed by atoms with van der Waals surface area (Å²) >= 11 is 0. The zero-order valence-corrected chi connectivity index (χ0v) is 10.6. The van der Waals surface area contributed by atoms with Gasteiger partial charge in [-0.1, -0.05) is 26.8 Å². The molecule has 0 aromatic rings. The van der Waals surface area contributed by atoms with E-state index in [4.69, 9.17) is 10.2 Å². The van der Waals surface area contributed by atoms with Crippen LogP contribution in [-0.2, 0) is 4.43 Å². The molecule has 0 heterocycles.